The predicted octanol–water partition coefficient (Wildman–Crippen LogP) is 2.27. The normalized spacial score (nSPS) is 24.9. The molecule has 138 valence electrons. The van der Waals surface area contributed by atoms with E-state index in [2.05, 4.69) is 0 Å². The highest BCUT2D eigenvalue weighted by Crippen LogP contribution is 2.64. The van der Waals surface area contributed by atoms with Gasteiger partial charge in [0.25, 0.3) is 0 Å². The first kappa shape index (κ1) is 18.5. The van der Waals surface area contributed by atoms with Crippen LogP contribution in [0.4, 0.5) is 4.39 Å². The molecule has 0 aliphatic heterocycles. The van der Waals surface area contributed by atoms with Crippen molar-refractivity contribution < 1.29 is 22.3 Å². The first-order valence-corrected chi connectivity index (χ1v) is 9.86. The maximum absolute atomic E-state index is 13.3. The third kappa shape index (κ3) is 2.81. The minimum absolute atomic E-state index is 0.120. The van der Waals surface area contributed by atoms with Gasteiger partial charge in [0.1, 0.15) is 11.2 Å². The Morgan fingerprint density at radius 3 is 2.31 bits per heavy atom. The SMILES string of the molecule is CCOC(=O)[C@@]1(CN)[C@@H](c2ccc(F)cc2)[C@@H]1S(=O)(=O)c1ccccc1. The average molecular weight is 377 g/mol. The molecule has 1 fully saturated rings. The van der Waals surface area contributed by atoms with Crippen LogP contribution in [0.2, 0.25) is 0 Å². The van der Waals surface area contributed by atoms with E-state index in [1.54, 1.807) is 25.1 Å². The van der Waals surface area contributed by atoms with Crippen LogP contribution in [0.5, 0.6) is 0 Å². The summed E-state index contributed by atoms with van der Waals surface area (Å²) in [6, 6.07) is 13.4. The fourth-order valence-electron chi connectivity index (χ4n) is 3.59. The molecule has 0 aromatic heterocycles. The van der Waals surface area contributed by atoms with Gasteiger partial charge in [0.05, 0.1) is 16.8 Å². The minimum atomic E-state index is -3.83. The summed E-state index contributed by atoms with van der Waals surface area (Å²) in [5, 5.41) is -1.05. The number of nitrogens with two attached hydrogens (primary N) is 1. The van der Waals surface area contributed by atoms with Gasteiger partial charge < -0.3 is 10.5 Å². The van der Waals surface area contributed by atoms with Crippen molar-refractivity contribution in [3.05, 3.63) is 66.0 Å². The number of rotatable bonds is 6. The first-order valence-electron chi connectivity index (χ1n) is 8.31. The van der Waals surface area contributed by atoms with E-state index in [9.17, 15) is 17.6 Å². The molecule has 0 bridgehead atoms. The van der Waals surface area contributed by atoms with Gasteiger partial charge in [-0.25, -0.2) is 12.8 Å². The zero-order valence-corrected chi connectivity index (χ0v) is 15.1. The Kier molecular flexibility index (Phi) is 4.86. The van der Waals surface area contributed by atoms with E-state index in [4.69, 9.17) is 10.5 Å². The van der Waals surface area contributed by atoms with E-state index < -0.39 is 38.2 Å². The third-order valence-corrected chi connectivity index (χ3v) is 7.18. The molecule has 26 heavy (non-hydrogen) atoms. The summed E-state index contributed by atoms with van der Waals surface area (Å²) in [6.07, 6.45) is 0. The zero-order valence-electron chi connectivity index (χ0n) is 14.3. The van der Waals surface area contributed by atoms with Crippen LogP contribution in [0, 0.1) is 11.2 Å². The van der Waals surface area contributed by atoms with Gasteiger partial charge in [-0.3, -0.25) is 4.79 Å². The van der Waals surface area contributed by atoms with Crippen molar-refractivity contribution in [2.45, 2.75) is 23.0 Å². The Morgan fingerprint density at radius 1 is 1.15 bits per heavy atom. The lowest BCUT2D eigenvalue weighted by molar-refractivity contribution is -0.149. The summed E-state index contributed by atoms with van der Waals surface area (Å²) >= 11 is 0. The topological polar surface area (TPSA) is 86.5 Å². The lowest BCUT2D eigenvalue weighted by Crippen LogP contribution is -2.33. The van der Waals surface area contributed by atoms with E-state index in [1.165, 1.54) is 36.4 Å². The number of hydrogen-bond donors (Lipinski definition) is 1. The molecule has 0 amide bonds. The van der Waals surface area contributed by atoms with Gasteiger partial charge in [-0.15, -0.1) is 0 Å². The zero-order chi connectivity index (χ0) is 18.9. The molecular formula is C19H20FNO4S. The quantitative estimate of drug-likeness (QED) is 0.781. The standard InChI is InChI=1S/C19H20FNO4S/c1-2-25-18(22)19(12-21)16(13-8-10-14(20)11-9-13)17(19)26(23,24)15-6-4-3-5-7-15/h3-11,16-17H,2,12,21H2,1H3/t16-,17-,19-/m0/s1. The summed E-state index contributed by atoms with van der Waals surface area (Å²) in [5.41, 5.74) is 5.06. The summed E-state index contributed by atoms with van der Waals surface area (Å²) in [5.74, 6) is -1.76. The molecule has 7 heteroatoms. The van der Waals surface area contributed by atoms with Crippen LogP contribution in [-0.2, 0) is 19.4 Å². The van der Waals surface area contributed by atoms with Crippen LogP contribution >= 0.6 is 0 Å². The summed E-state index contributed by atoms with van der Waals surface area (Å²) < 4.78 is 44.8. The highest BCUT2D eigenvalue weighted by Gasteiger charge is 2.75. The molecule has 0 unspecified atom stereocenters. The second kappa shape index (κ2) is 6.81. The highest BCUT2D eigenvalue weighted by atomic mass is 32.2. The molecule has 1 saturated carbocycles. The van der Waals surface area contributed by atoms with Crippen LogP contribution in [0.3, 0.4) is 0 Å². The number of sulfone groups is 1. The molecule has 0 radical (unpaired) electrons. The molecule has 1 aliphatic carbocycles. The Labute approximate surface area is 151 Å². The third-order valence-electron chi connectivity index (χ3n) is 4.88. The Hall–Kier alpha value is -2.25. The molecule has 0 heterocycles. The van der Waals surface area contributed by atoms with Gasteiger partial charge in [-0.05, 0) is 36.8 Å². The van der Waals surface area contributed by atoms with Crippen molar-refractivity contribution in [1.29, 1.82) is 0 Å². The average Bonchev–Trinajstić information content (AvgIpc) is 3.35. The van der Waals surface area contributed by atoms with Crippen molar-refractivity contribution >= 4 is 15.8 Å². The Morgan fingerprint density at radius 2 is 1.77 bits per heavy atom. The lowest BCUT2D eigenvalue weighted by Gasteiger charge is -2.14. The van der Waals surface area contributed by atoms with Gasteiger partial charge in [0, 0.05) is 12.5 Å². The van der Waals surface area contributed by atoms with Crippen molar-refractivity contribution in [2.24, 2.45) is 11.1 Å². The van der Waals surface area contributed by atoms with Crippen molar-refractivity contribution in [3.8, 4) is 0 Å². The van der Waals surface area contributed by atoms with Crippen LogP contribution in [0.25, 0.3) is 0 Å². The summed E-state index contributed by atoms with van der Waals surface area (Å²) in [7, 11) is -3.83. The molecule has 3 atom stereocenters. The molecule has 2 aromatic carbocycles. The van der Waals surface area contributed by atoms with Crippen LogP contribution < -0.4 is 5.73 Å². The molecule has 0 saturated heterocycles. The van der Waals surface area contributed by atoms with Gasteiger partial charge in [0.2, 0.25) is 0 Å². The molecule has 5 nitrogen and oxygen atoms in total. The van der Waals surface area contributed by atoms with Crippen molar-refractivity contribution in [3.63, 3.8) is 0 Å². The molecule has 0 spiro atoms. The number of carbonyl (C=O) groups excluding carboxylic acids is 1. The largest absolute Gasteiger partial charge is 0.465 e. The van der Waals surface area contributed by atoms with Crippen molar-refractivity contribution in [2.75, 3.05) is 13.2 Å². The maximum atomic E-state index is 13.3. The Bertz CT molecular complexity index is 899. The van der Waals surface area contributed by atoms with E-state index in [0.29, 0.717) is 5.56 Å². The second-order valence-electron chi connectivity index (χ2n) is 6.27. The Balaban J connectivity index is 2.11. The predicted molar refractivity (Wildman–Crippen MR) is 94.7 cm³/mol. The van der Waals surface area contributed by atoms with Crippen LogP contribution in [-0.4, -0.2) is 32.8 Å². The number of carbonyl (C=O) groups is 1. The molecule has 1 aliphatic rings. The van der Waals surface area contributed by atoms with E-state index in [1.807, 2.05) is 0 Å². The number of halogens is 1. The van der Waals surface area contributed by atoms with E-state index >= 15 is 0 Å². The maximum Gasteiger partial charge on any atom is 0.315 e. The van der Waals surface area contributed by atoms with Gasteiger partial charge in [-0.2, -0.15) is 0 Å². The number of benzene rings is 2. The smallest absolute Gasteiger partial charge is 0.315 e. The van der Waals surface area contributed by atoms with E-state index in [0.717, 1.165) is 0 Å². The fraction of sp³-hybridized carbons (Fsp3) is 0.316. The van der Waals surface area contributed by atoms with Crippen LogP contribution in [0.15, 0.2) is 59.5 Å². The van der Waals surface area contributed by atoms with E-state index in [-0.39, 0.29) is 18.0 Å². The van der Waals surface area contributed by atoms with Crippen LogP contribution in [0.1, 0.15) is 18.4 Å². The molecule has 2 N–H and O–H groups in total. The number of ether oxygens (including phenoxy) is 1. The second-order valence-corrected chi connectivity index (χ2v) is 8.34. The fourth-order valence-corrected chi connectivity index (χ4v) is 6.00. The van der Waals surface area contributed by atoms with Crippen molar-refractivity contribution in [1.82, 2.24) is 0 Å². The van der Waals surface area contributed by atoms with Gasteiger partial charge in [-0.1, -0.05) is 30.3 Å². The molecular weight excluding hydrogens is 357 g/mol. The van der Waals surface area contributed by atoms with Gasteiger partial charge in [0.15, 0.2) is 9.84 Å². The minimum Gasteiger partial charge on any atom is -0.465 e. The highest BCUT2D eigenvalue weighted by molar-refractivity contribution is 7.92. The first-order chi connectivity index (χ1) is 12.4. The summed E-state index contributed by atoms with van der Waals surface area (Å²) in [4.78, 5) is 12.8. The molecule has 2 aromatic rings. The molecule has 3 rings (SSSR count). The number of hydrogen-bond acceptors (Lipinski definition) is 5. The van der Waals surface area contributed by atoms with Gasteiger partial charge >= 0.3 is 5.97 Å². The monoisotopic (exact) mass is 377 g/mol. The number of esters is 1. The lowest BCUT2D eigenvalue weighted by atomic mass is 9.99. The summed E-state index contributed by atoms with van der Waals surface area (Å²) in [6.45, 7) is 1.59.